The highest BCUT2D eigenvalue weighted by molar-refractivity contribution is 6.61. The summed E-state index contributed by atoms with van der Waals surface area (Å²) in [5, 5.41) is 0. The van der Waals surface area contributed by atoms with Crippen LogP contribution in [0.3, 0.4) is 0 Å². The third-order valence-corrected chi connectivity index (χ3v) is 2.82. The van der Waals surface area contributed by atoms with Crippen LogP contribution in [0.2, 0.25) is 0 Å². The SMILES string of the molecule is CC(CC(C)(C)OOC(C)(C)CC(C)OC(=O)Cl)OC(=O)Cl. The van der Waals surface area contributed by atoms with Crippen molar-refractivity contribution in [3.05, 3.63) is 0 Å². The second-order valence-corrected chi connectivity index (χ2v) is 7.04. The second-order valence-electron chi connectivity index (χ2n) is 6.43. The van der Waals surface area contributed by atoms with Gasteiger partial charge in [0, 0.05) is 36.0 Å². The monoisotopic (exact) mass is 358 g/mol. The van der Waals surface area contributed by atoms with Gasteiger partial charge in [0.2, 0.25) is 0 Å². The van der Waals surface area contributed by atoms with E-state index in [0.717, 1.165) is 0 Å². The summed E-state index contributed by atoms with van der Waals surface area (Å²) in [7, 11) is 0. The average Bonchev–Trinajstić information content (AvgIpc) is 2.22. The number of carbonyl (C=O) groups excluding carboxylic acids is 2. The molecule has 22 heavy (non-hydrogen) atoms. The van der Waals surface area contributed by atoms with Crippen LogP contribution >= 0.6 is 23.2 Å². The number of carbonyl (C=O) groups is 2. The normalized spacial score (nSPS) is 15.1. The largest absolute Gasteiger partial charge is 0.451 e. The van der Waals surface area contributed by atoms with Gasteiger partial charge in [-0.25, -0.2) is 19.4 Å². The molecule has 0 aliphatic carbocycles. The Kier molecular flexibility index (Phi) is 8.69. The van der Waals surface area contributed by atoms with Crippen molar-refractivity contribution in [1.82, 2.24) is 0 Å². The highest BCUT2D eigenvalue weighted by Gasteiger charge is 2.31. The molecule has 0 spiro atoms. The number of rotatable bonds is 9. The van der Waals surface area contributed by atoms with Crippen molar-refractivity contribution in [1.29, 1.82) is 0 Å². The molecule has 0 aliphatic rings. The molecule has 0 heterocycles. The number of hydrogen-bond donors (Lipinski definition) is 0. The molecule has 0 radical (unpaired) electrons. The van der Waals surface area contributed by atoms with Gasteiger partial charge in [-0.05, 0) is 41.5 Å². The summed E-state index contributed by atoms with van der Waals surface area (Å²) < 4.78 is 9.69. The standard InChI is InChI=1S/C14H24Cl2O6/c1-9(19-11(15)17)7-13(3,4)21-22-14(5,6)8-10(2)20-12(16)18/h9-10H,7-8H2,1-6H3. The maximum Gasteiger partial charge on any atom is 0.404 e. The lowest BCUT2D eigenvalue weighted by atomic mass is 10.0. The van der Waals surface area contributed by atoms with Gasteiger partial charge >= 0.3 is 10.9 Å². The third-order valence-electron chi connectivity index (χ3n) is 2.64. The van der Waals surface area contributed by atoms with E-state index in [1.54, 1.807) is 41.5 Å². The summed E-state index contributed by atoms with van der Waals surface area (Å²) >= 11 is 10.3. The number of halogens is 2. The molecule has 0 aromatic rings. The lowest BCUT2D eigenvalue weighted by molar-refractivity contribution is -0.405. The van der Waals surface area contributed by atoms with Crippen LogP contribution in [0.25, 0.3) is 0 Å². The molecule has 2 atom stereocenters. The van der Waals surface area contributed by atoms with Crippen molar-refractivity contribution in [2.24, 2.45) is 0 Å². The van der Waals surface area contributed by atoms with Crippen LogP contribution in [0.1, 0.15) is 54.4 Å². The van der Waals surface area contributed by atoms with Crippen LogP contribution in [0.4, 0.5) is 9.59 Å². The quantitative estimate of drug-likeness (QED) is 0.335. The molecule has 130 valence electrons. The van der Waals surface area contributed by atoms with E-state index in [0.29, 0.717) is 12.8 Å². The predicted octanol–water partition coefficient (Wildman–Crippen LogP) is 4.80. The van der Waals surface area contributed by atoms with Crippen LogP contribution in [-0.4, -0.2) is 34.3 Å². The minimum atomic E-state index is -0.860. The van der Waals surface area contributed by atoms with Crippen molar-refractivity contribution >= 4 is 34.1 Å². The fourth-order valence-electron chi connectivity index (χ4n) is 2.08. The Morgan fingerprint density at radius 1 is 0.818 bits per heavy atom. The van der Waals surface area contributed by atoms with Gasteiger partial charge in [-0.2, -0.15) is 0 Å². The van der Waals surface area contributed by atoms with Gasteiger partial charge < -0.3 is 9.47 Å². The van der Waals surface area contributed by atoms with Crippen LogP contribution in [0.15, 0.2) is 0 Å². The molecule has 0 fully saturated rings. The van der Waals surface area contributed by atoms with E-state index in [9.17, 15) is 9.59 Å². The number of ether oxygens (including phenoxy) is 2. The Hall–Kier alpha value is -0.560. The Morgan fingerprint density at radius 3 is 1.32 bits per heavy atom. The fourth-order valence-corrected chi connectivity index (χ4v) is 2.38. The zero-order valence-corrected chi connectivity index (χ0v) is 15.3. The van der Waals surface area contributed by atoms with E-state index in [2.05, 4.69) is 0 Å². The summed E-state index contributed by atoms with van der Waals surface area (Å²) in [6, 6.07) is 0. The van der Waals surface area contributed by atoms with Gasteiger partial charge in [0.25, 0.3) is 0 Å². The topological polar surface area (TPSA) is 71.1 Å². The molecule has 2 unspecified atom stereocenters. The Labute approximate surface area is 141 Å². The maximum atomic E-state index is 10.7. The first-order valence-electron chi connectivity index (χ1n) is 6.92. The second kappa shape index (κ2) is 8.91. The summed E-state index contributed by atoms with van der Waals surface area (Å²) in [5.74, 6) is 0. The van der Waals surface area contributed by atoms with E-state index in [-0.39, 0.29) is 0 Å². The molecule has 8 heteroatoms. The molecular weight excluding hydrogens is 335 g/mol. The van der Waals surface area contributed by atoms with E-state index < -0.39 is 34.3 Å². The van der Waals surface area contributed by atoms with Crippen LogP contribution in [-0.2, 0) is 19.2 Å². The van der Waals surface area contributed by atoms with Gasteiger partial charge in [-0.1, -0.05) is 0 Å². The van der Waals surface area contributed by atoms with Crippen LogP contribution in [0, 0.1) is 0 Å². The third kappa shape index (κ3) is 11.1. The van der Waals surface area contributed by atoms with Crippen LogP contribution in [0.5, 0.6) is 0 Å². The van der Waals surface area contributed by atoms with Gasteiger partial charge in [0.1, 0.15) is 23.4 Å². The first-order chi connectivity index (χ1) is 9.83. The number of hydrogen-bond acceptors (Lipinski definition) is 6. The van der Waals surface area contributed by atoms with Crippen LogP contribution < -0.4 is 0 Å². The highest BCUT2D eigenvalue weighted by Crippen LogP contribution is 2.25. The van der Waals surface area contributed by atoms with Crippen molar-refractivity contribution < 1.29 is 28.8 Å². The molecular formula is C14H24Cl2O6. The Balaban J connectivity index is 4.37. The molecule has 0 amide bonds. The van der Waals surface area contributed by atoms with Gasteiger partial charge in [0.15, 0.2) is 0 Å². The first-order valence-corrected chi connectivity index (χ1v) is 7.68. The molecule has 0 aliphatic heterocycles. The molecule has 0 rings (SSSR count). The molecule has 0 bridgehead atoms. The molecule has 6 nitrogen and oxygen atoms in total. The Morgan fingerprint density at radius 2 is 1.09 bits per heavy atom. The zero-order valence-electron chi connectivity index (χ0n) is 13.8. The molecule has 0 saturated carbocycles. The summed E-state index contributed by atoms with van der Waals surface area (Å²) in [6.45, 7) is 10.6. The maximum absolute atomic E-state index is 10.7. The zero-order chi connectivity index (χ0) is 17.6. The smallest absolute Gasteiger partial charge is 0.404 e. The Bertz CT molecular complexity index is 348. The summed E-state index contributed by atoms with van der Waals surface area (Å²) in [5.41, 5.74) is -3.12. The van der Waals surface area contributed by atoms with Gasteiger partial charge in [-0.15, -0.1) is 0 Å². The van der Waals surface area contributed by atoms with Crippen molar-refractivity contribution in [3.63, 3.8) is 0 Å². The van der Waals surface area contributed by atoms with E-state index in [4.69, 9.17) is 42.5 Å². The van der Waals surface area contributed by atoms with Crippen molar-refractivity contribution in [2.45, 2.75) is 77.8 Å². The van der Waals surface area contributed by atoms with Gasteiger partial charge in [0.05, 0.1) is 0 Å². The predicted molar refractivity (Wildman–Crippen MR) is 83.2 cm³/mol. The van der Waals surface area contributed by atoms with Crippen molar-refractivity contribution in [3.8, 4) is 0 Å². The molecule has 0 saturated heterocycles. The molecule has 0 aromatic carbocycles. The first kappa shape index (κ1) is 21.4. The van der Waals surface area contributed by atoms with E-state index in [1.165, 1.54) is 0 Å². The molecule has 0 aromatic heterocycles. The summed E-state index contributed by atoms with van der Waals surface area (Å²) in [4.78, 5) is 32.3. The minimum Gasteiger partial charge on any atom is -0.451 e. The summed E-state index contributed by atoms with van der Waals surface area (Å²) in [6.07, 6.45) is -0.0349. The lowest BCUT2D eigenvalue weighted by Gasteiger charge is -2.32. The van der Waals surface area contributed by atoms with E-state index >= 15 is 0 Å². The lowest BCUT2D eigenvalue weighted by Crippen LogP contribution is -2.37. The fraction of sp³-hybridized carbons (Fsp3) is 0.857. The molecule has 0 N–H and O–H groups in total. The van der Waals surface area contributed by atoms with Gasteiger partial charge in [-0.3, -0.25) is 0 Å². The highest BCUT2D eigenvalue weighted by atomic mass is 35.5. The van der Waals surface area contributed by atoms with E-state index in [1.807, 2.05) is 0 Å². The van der Waals surface area contributed by atoms with Crippen molar-refractivity contribution in [2.75, 3.05) is 0 Å². The average molecular weight is 359 g/mol. The minimum absolute atomic E-state index is 0.397.